The second-order valence-corrected chi connectivity index (χ2v) is 6.94. The number of hydrogen-bond acceptors (Lipinski definition) is 7. The number of ether oxygens (including phenoxy) is 1. The summed E-state index contributed by atoms with van der Waals surface area (Å²) in [7, 11) is -2.16. The molecule has 0 saturated carbocycles. The lowest BCUT2D eigenvalue weighted by Crippen LogP contribution is -2.12. The van der Waals surface area contributed by atoms with Crippen LogP contribution in [-0.4, -0.2) is 25.5 Å². The zero-order valence-electron chi connectivity index (χ0n) is 13.4. The Morgan fingerprint density at radius 2 is 1.88 bits per heavy atom. The van der Waals surface area contributed by atoms with Gasteiger partial charge in [-0.3, -0.25) is 4.98 Å². The molecular weight excluding hydrogens is 342 g/mol. The van der Waals surface area contributed by atoms with Gasteiger partial charge in [0.2, 0.25) is 15.9 Å². The van der Waals surface area contributed by atoms with Crippen LogP contribution in [0.1, 0.15) is 5.56 Å². The van der Waals surface area contributed by atoms with E-state index in [0.29, 0.717) is 29.3 Å². The fourth-order valence-electron chi connectivity index (χ4n) is 2.38. The van der Waals surface area contributed by atoms with Gasteiger partial charge >= 0.3 is 0 Å². The minimum absolute atomic E-state index is 0.0708. The molecule has 1 aromatic carbocycles. The number of methoxy groups -OCH3 is 1. The molecule has 3 aromatic rings. The summed E-state index contributed by atoms with van der Waals surface area (Å²) in [6.45, 7) is 0.445. The van der Waals surface area contributed by atoms with Gasteiger partial charge < -0.3 is 15.8 Å². The number of primary sulfonamides is 1. The lowest BCUT2D eigenvalue weighted by atomic mass is 10.2. The number of nitrogens with one attached hydrogen (secondary N) is 1. The highest BCUT2D eigenvalue weighted by atomic mass is 32.2. The Bertz CT molecular complexity index is 1020. The van der Waals surface area contributed by atoms with Gasteiger partial charge in [0.1, 0.15) is 0 Å². The largest absolute Gasteiger partial charge is 0.481 e. The number of rotatable bonds is 5. The average Bonchev–Trinajstić information content (AvgIpc) is 2.60. The summed E-state index contributed by atoms with van der Waals surface area (Å²) in [5.74, 6) is 0.467. The number of anilines is 2. The van der Waals surface area contributed by atoms with Gasteiger partial charge in [-0.1, -0.05) is 12.1 Å². The van der Waals surface area contributed by atoms with Crippen LogP contribution in [-0.2, 0) is 16.6 Å². The summed E-state index contributed by atoms with van der Waals surface area (Å²) in [5.41, 5.74) is 8.79. The second kappa shape index (κ2) is 6.54. The number of hydrogen-bond donors (Lipinski definition) is 3. The molecule has 0 spiro atoms. The zero-order chi connectivity index (χ0) is 18.0. The monoisotopic (exact) mass is 359 g/mol. The van der Waals surface area contributed by atoms with E-state index in [1.165, 1.54) is 19.2 Å². The van der Waals surface area contributed by atoms with E-state index < -0.39 is 10.0 Å². The maximum atomic E-state index is 11.3. The third kappa shape index (κ3) is 3.62. The highest BCUT2D eigenvalue weighted by molar-refractivity contribution is 7.89. The summed E-state index contributed by atoms with van der Waals surface area (Å²) in [4.78, 5) is 8.53. The summed E-state index contributed by atoms with van der Waals surface area (Å²) < 4.78 is 27.7. The van der Waals surface area contributed by atoms with Crippen LogP contribution in [0, 0.1) is 0 Å². The Morgan fingerprint density at radius 3 is 2.52 bits per heavy atom. The average molecular weight is 359 g/mol. The Morgan fingerprint density at radius 1 is 1.16 bits per heavy atom. The topological polar surface area (TPSA) is 133 Å². The van der Waals surface area contributed by atoms with Crippen molar-refractivity contribution < 1.29 is 13.2 Å². The Labute approximate surface area is 144 Å². The smallest absolute Gasteiger partial charge is 0.238 e. The normalized spacial score (nSPS) is 11.4. The van der Waals surface area contributed by atoms with E-state index in [1.807, 2.05) is 0 Å². The van der Waals surface area contributed by atoms with E-state index in [1.54, 1.807) is 30.6 Å². The van der Waals surface area contributed by atoms with Crippen LogP contribution in [0.3, 0.4) is 0 Å². The number of sulfonamides is 1. The van der Waals surface area contributed by atoms with Crippen LogP contribution in [0.15, 0.2) is 47.6 Å². The number of nitrogens with zero attached hydrogens (tertiary/aromatic N) is 2. The fraction of sp³-hybridized carbons (Fsp3) is 0.125. The van der Waals surface area contributed by atoms with E-state index in [0.717, 1.165) is 10.9 Å². The Balaban J connectivity index is 1.86. The molecule has 0 fully saturated rings. The molecule has 9 heteroatoms. The second-order valence-electron chi connectivity index (χ2n) is 5.37. The van der Waals surface area contributed by atoms with Crippen LogP contribution in [0.25, 0.3) is 10.9 Å². The van der Waals surface area contributed by atoms with Crippen LogP contribution >= 0.6 is 0 Å². The first-order valence-corrected chi connectivity index (χ1v) is 8.87. The van der Waals surface area contributed by atoms with Gasteiger partial charge in [0, 0.05) is 24.2 Å². The first kappa shape index (κ1) is 16.9. The first-order valence-electron chi connectivity index (χ1n) is 7.32. The molecule has 2 aromatic heterocycles. The highest BCUT2D eigenvalue weighted by Gasteiger charge is 2.10. The lowest BCUT2D eigenvalue weighted by Gasteiger charge is -2.13. The Kier molecular flexibility index (Phi) is 4.43. The van der Waals surface area contributed by atoms with Crippen molar-refractivity contribution >= 4 is 32.3 Å². The summed E-state index contributed by atoms with van der Waals surface area (Å²) in [5, 5.41) is 9.10. The SMILES string of the molecule is COc1cc2ncc(N)c(NCc3ccc(S(N)(=O)=O)cc3)c2cn1. The predicted octanol–water partition coefficient (Wildman–Crippen LogP) is 1.48. The first-order chi connectivity index (χ1) is 11.9. The summed E-state index contributed by atoms with van der Waals surface area (Å²) >= 11 is 0. The minimum Gasteiger partial charge on any atom is -0.481 e. The Hall–Kier alpha value is -2.91. The van der Waals surface area contributed by atoms with E-state index in [-0.39, 0.29) is 4.90 Å². The molecule has 25 heavy (non-hydrogen) atoms. The standard InChI is InChI=1S/C16H17N5O3S/c1-24-15-6-14-12(8-20-15)16(13(17)9-19-14)21-7-10-2-4-11(5-3-10)25(18,22)23/h2-6,8-9H,7,17H2,1H3,(H,19,21)(H2,18,22,23). The van der Waals surface area contributed by atoms with E-state index in [2.05, 4.69) is 15.3 Å². The van der Waals surface area contributed by atoms with Crippen molar-refractivity contribution in [3.63, 3.8) is 0 Å². The third-order valence-corrected chi connectivity index (χ3v) is 4.62. The van der Waals surface area contributed by atoms with Crippen LogP contribution in [0.5, 0.6) is 5.88 Å². The summed E-state index contributed by atoms with van der Waals surface area (Å²) in [6.07, 6.45) is 3.21. The van der Waals surface area contributed by atoms with Crippen molar-refractivity contribution in [1.82, 2.24) is 9.97 Å². The third-order valence-electron chi connectivity index (χ3n) is 3.69. The van der Waals surface area contributed by atoms with Gasteiger partial charge in [0.25, 0.3) is 0 Å². The van der Waals surface area contributed by atoms with Gasteiger partial charge in [0.05, 0.1) is 35.1 Å². The molecule has 0 saturated heterocycles. The number of nitrogen functional groups attached to an aromatic ring is 1. The molecule has 3 rings (SSSR count). The number of pyridine rings is 2. The number of aromatic nitrogens is 2. The van der Waals surface area contributed by atoms with Crippen molar-refractivity contribution in [3.05, 3.63) is 48.3 Å². The number of fused-ring (bicyclic) bond motifs is 1. The van der Waals surface area contributed by atoms with Gasteiger partial charge in [-0.2, -0.15) is 0 Å². The molecule has 0 atom stereocenters. The predicted molar refractivity (Wildman–Crippen MR) is 95.6 cm³/mol. The van der Waals surface area contributed by atoms with Crippen molar-refractivity contribution in [3.8, 4) is 5.88 Å². The minimum atomic E-state index is -3.70. The van der Waals surface area contributed by atoms with Gasteiger partial charge in [-0.05, 0) is 17.7 Å². The van der Waals surface area contributed by atoms with Crippen LogP contribution in [0.4, 0.5) is 11.4 Å². The number of benzene rings is 1. The van der Waals surface area contributed by atoms with Gasteiger partial charge in [-0.25, -0.2) is 18.5 Å². The highest BCUT2D eigenvalue weighted by Crippen LogP contribution is 2.29. The molecule has 8 nitrogen and oxygen atoms in total. The van der Waals surface area contributed by atoms with E-state index >= 15 is 0 Å². The van der Waals surface area contributed by atoms with E-state index in [4.69, 9.17) is 15.6 Å². The molecular formula is C16H17N5O3S. The van der Waals surface area contributed by atoms with Crippen molar-refractivity contribution in [2.24, 2.45) is 5.14 Å². The lowest BCUT2D eigenvalue weighted by molar-refractivity contribution is 0.398. The molecule has 0 bridgehead atoms. The van der Waals surface area contributed by atoms with E-state index in [9.17, 15) is 8.42 Å². The quantitative estimate of drug-likeness (QED) is 0.628. The number of nitrogens with two attached hydrogens (primary N) is 2. The van der Waals surface area contributed by atoms with Gasteiger partial charge in [-0.15, -0.1) is 0 Å². The van der Waals surface area contributed by atoms with Gasteiger partial charge in [0.15, 0.2) is 0 Å². The molecule has 0 aliphatic heterocycles. The molecule has 130 valence electrons. The zero-order valence-corrected chi connectivity index (χ0v) is 14.2. The molecule has 0 radical (unpaired) electrons. The maximum Gasteiger partial charge on any atom is 0.238 e. The molecule has 2 heterocycles. The maximum absolute atomic E-state index is 11.3. The molecule has 0 unspecified atom stereocenters. The molecule has 0 aliphatic carbocycles. The fourth-order valence-corrected chi connectivity index (χ4v) is 2.90. The molecule has 0 aliphatic rings. The molecule has 5 N–H and O–H groups in total. The summed E-state index contributed by atoms with van der Waals surface area (Å²) in [6, 6.07) is 8.03. The van der Waals surface area contributed by atoms with Crippen LogP contribution in [0.2, 0.25) is 0 Å². The van der Waals surface area contributed by atoms with Crippen molar-refractivity contribution in [1.29, 1.82) is 0 Å². The van der Waals surface area contributed by atoms with Crippen LogP contribution < -0.4 is 20.9 Å². The van der Waals surface area contributed by atoms with Crippen molar-refractivity contribution in [2.45, 2.75) is 11.4 Å². The molecule has 0 amide bonds. The van der Waals surface area contributed by atoms with Crippen molar-refractivity contribution in [2.75, 3.05) is 18.2 Å².